The first-order valence-electron chi connectivity index (χ1n) is 6.89. The number of methoxy groups -OCH3 is 2. The molecule has 10 nitrogen and oxygen atoms in total. The van der Waals surface area contributed by atoms with Crippen LogP contribution in [0.5, 0.6) is 5.75 Å². The molecular weight excluding hydrogens is 330 g/mol. The van der Waals surface area contributed by atoms with Crippen molar-refractivity contribution in [3.05, 3.63) is 51.3 Å². The van der Waals surface area contributed by atoms with Crippen molar-refractivity contribution in [2.24, 2.45) is 0 Å². The standard InChI is InChI=1S/C15H13N5O5/c1-24-13-4-3-10(5-11(7-16)14(21)25-2)6-12(13)8-19-9-17-15(18-19)20(22)23/h3-6,9H,8H2,1-2H3/b11-5+. The van der Waals surface area contributed by atoms with Crippen LogP contribution in [-0.2, 0) is 16.1 Å². The third-order valence-electron chi connectivity index (χ3n) is 3.16. The van der Waals surface area contributed by atoms with E-state index in [1.807, 2.05) is 0 Å². The number of hydrogen-bond donors (Lipinski definition) is 0. The molecule has 25 heavy (non-hydrogen) atoms. The molecule has 0 unspecified atom stereocenters. The van der Waals surface area contributed by atoms with Crippen LogP contribution in [0.3, 0.4) is 0 Å². The highest BCUT2D eigenvalue weighted by Crippen LogP contribution is 2.22. The lowest BCUT2D eigenvalue weighted by Crippen LogP contribution is -2.04. The molecular formula is C15H13N5O5. The number of rotatable bonds is 6. The van der Waals surface area contributed by atoms with E-state index in [0.29, 0.717) is 16.9 Å². The van der Waals surface area contributed by atoms with Gasteiger partial charge in [0.1, 0.15) is 17.4 Å². The Morgan fingerprint density at radius 3 is 2.80 bits per heavy atom. The third-order valence-corrected chi connectivity index (χ3v) is 3.16. The van der Waals surface area contributed by atoms with Gasteiger partial charge in [0.05, 0.1) is 20.8 Å². The number of nitriles is 1. The zero-order valence-corrected chi connectivity index (χ0v) is 13.4. The average Bonchev–Trinajstić information content (AvgIpc) is 3.08. The van der Waals surface area contributed by atoms with E-state index in [-0.39, 0.29) is 12.1 Å². The minimum Gasteiger partial charge on any atom is -0.496 e. The van der Waals surface area contributed by atoms with Crippen LogP contribution >= 0.6 is 0 Å². The number of hydrogen-bond acceptors (Lipinski definition) is 8. The summed E-state index contributed by atoms with van der Waals surface area (Å²) in [5, 5.41) is 23.4. The first-order chi connectivity index (χ1) is 12.0. The van der Waals surface area contributed by atoms with Crippen molar-refractivity contribution in [1.29, 1.82) is 5.26 Å². The Balaban J connectivity index is 2.36. The first kappa shape index (κ1) is 17.6. The molecule has 0 aliphatic rings. The van der Waals surface area contributed by atoms with Crippen LogP contribution in [0, 0.1) is 21.4 Å². The SMILES string of the molecule is COC(=O)/C(C#N)=C/c1ccc(OC)c(Cn2cnc([N+](=O)[O-])n2)c1. The minimum absolute atomic E-state index is 0.157. The summed E-state index contributed by atoms with van der Waals surface area (Å²) in [6.45, 7) is 0.159. The molecule has 0 atom stereocenters. The fourth-order valence-corrected chi connectivity index (χ4v) is 2.04. The summed E-state index contributed by atoms with van der Waals surface area (Å²) in [6.07, 6.45) is 2.60. The maximum atomic E-state index is 11.5. The fraction of sp³-hybridized carbons (Fsp3) is 0.200. The number of carbonyl (C=O) groups excluding carboxylic acids is 1. The number of ether oxygens (including phenoxy) is 2. The number of nitrogens with zero attached hydrogens (tertiary/aromatic N) is 5. The summed E-state index contributed by atoms with van der Waals surface area (Å²) in [5.74, 6) is -0.730. The minimum atomic E-state index is -0.744. The van der Waals surface area contributed by atoms with Crippen molar-refractivity contribution in [1.82, 2.24) is 14.8 Å². The van der Waals surface area contributed by atoms with Gasteiger partial charge in [0.25, 0.3) is 0 Å². The Morgan fingerprint density at radius 1 is 1.48 bits per heavy atom. The van der Waals surface area contributed by atoms with E-state index < -0.39 is 16.8 Å². The Bertz CT molecular complexity index is 881. The number of carbonyl (C=O) groups is 1. The number of aromatic nitrogens is 3. The topological polar surface area (TPSA) is 133 Å². The van der Waals surface area contributed by atoms with Crippen LogP contribution < -0.4 is 4.74 Å². The first-order valence-corrected chi connectivity index (χ1v) is 6.89. The van der Waals surface area contributed by atoms with Crippen LogP contribution in [0.25, 0.3) is 6.08 Å². The van der Waals surface area contributed by atoms with Gasteiger partial charge in [0, 0.05) is 10.7 Å². The van der Waals surface area contributed by atoms with Gasteiger partial charge in [-0.3, -0.25) is 0 Å². The predicted octanol–water partition coefficient (Wildman–Crippen LogP) is 1.32. The smallest absolute Gasteiger partial charge is 0.490 e. The summed E-state index contributed by atoms with van der Waals surface area (Å²) in [6, 6.07) is 6.75. The van der Waals surface area contributed by atoms with Crippen molar-refractivity contribution in [2.75, 3.05) is 14.2 Å². The summed E-state index contributed by atoms with van der Waals surface area (Å²) < 4.78 is 11.1. The zero-order chi connectivity index (χ0) is 18.4. The lowest BCUT2D eigenvalue weighted by atomic mass is 10.1. The molecule has 2 rings (SSSR count). The fourth-order valence-electron chi connectivity index (χ4n) is 2.04. The van der Waals surface area contributed by atoms with Gasteiger partial charge in [0.2, 0.25) is 6.33 Å². The van der Waals surface area contributed by atoms with E-state index in [1.165, 1.54) is 31.3 Å². The van der Waals surface area contributed by atoms with E-state index in [9.17, 15) is 14.9 Å². The molecule has 0 fully saturated rings. The molecule has 1 heterocycles. The van der Waals surface area contributed by atoms with Gasteiger partial charge < -0.3 is 19.6 Å². The maximum absolute atomic E-state index is 11.5. The molecule has 128 valence electrons. The Kier molecular flexibility index (Phi) is 5.42. The molecule has 0 bridgehead atoms. The van der Waals surface area contributed by atoms with Gasteiger partial charge >= 0.3 is 11.9 Å². The van der Waals surface area contributed by atoms with Crippen LogP contribution in [-0.4, -0.2) is 39.9 Å². The predicted molar refractivity (Wildman–Crippen MR) is 84.4 cm³/mol. The van der Waals surface area contributed by atoms with Gasteiger partial charge in [-0.25, -0.2) is 4.79 Å². The maximum Gasteiger partial charge on any atom is 0.490 e. The largest absolute Gasteiger partial charge is 0.496 e. The third kappa shape index (κ3) is 4.17. The van der Waals surface area contributed by atoms with Gasteiger partial charge in [-0.15, -0.1) is 0 Å². The number of esters is 1. The second kappa shape index (κ2) is 7.69. The van der Waals surface area contributed by atoms with E-state index >= 15 is 0 Å². The summed E-state index contributed by atoms with van der Waals surface area (Å²) in [7, 11) is 2.66. The van der Waals surface area contributed by atoms with Crippen molar-refractivity contribution >= 4 is 18.0 Å². The van der Waals surface area contributed by atoms with Crippen LogP contribution in [0.4, 0.5) is 5.95 Å². The van der Waals surface area contributed by atoms with Crippen molar-refractivity contribution in [3.8, 4) is 11.8 Å². The van der Waals surface area contributed by atoms with E-state index in [1.54, 1.807) is 24.3 Å². The molecule has 10 heteroatoms. The monoisotopic (exact) mass is 343 g/mol. The molecule has 0 spiro atoms. The van der Waals surface area contributed by atoms with Gasteiger partial charge in [0.15, 0.2) is 0 Å². The molecule has 1 aromatic carbocycles. The lowest BCUT2D eigenvalue weighted by Gasteiger charge is -2.08. The van der Waals surface area contributed by atoms with E-state index in [0.717, 1.165) is 0 Å². The van der Waals surface area contributed by atoms with E-state index in [2.05, 4.69) is 14.8 Å². The summed E-state index contributed by atoms with van der Waals surface area (Å²) in [5.41, 5.74) is 1.04. The Hall–Kier alpha value is -3.74. The highest BCUT2D eigenvalue weighted by Gasteiger charge is 2.15. The van der Waals surface area contributed by atoms with Gasteiger partial charge in [-0.1, -0.05) is 11.1 Å². The van der Waals surface area contributed by atoms with Crippen LogP contribution in [0.1, 0.15) is 11.1 Å². The van der Waals surface area contributed by atoms with Crippen LogP contribution in [0.2, 0.25) is 0 Å². The molecule has 2 aromatic rings. The molecule has 0 amide bonds. The molecule has 0 N–H and O–H groups in total. The van der Waals surface area contributed by atoms with Gasteiger partial charge in [-0.2, -0.15) is 9.94 Å². The molecule has 0 aliphatic carbocycles. The van der Waals surface area contributed by atoms with Crippen LogP contribution in [0.15, 0.2) is 30.1 Å². The second-order valence-corrected chi connectivity index (χ2v) is 4.73. The number of benzene rings is 1. The van der Waals surface area contributed by atoms with E-state index in [4.69, 9.17) is 10.00 Å². The average molecular weight is 343 g/mol. The quantitative estimate of drug-likeness (QED) is 0.252. The highest BCUT2D eigenvalue weighted by atomic mass is 16.6. The molecule has 0 aliphatic heterocycles. The summed E-state index contributed by atoms with van der Waals surface area (Å²) >= 11 is 0. The molecule has 0 radical (unpaired) electrons. The Morgan fingerprint density at radius 2 is 2.24 bits per heavy atom. The zero-order valence-electron chi connectivity index (χ0n) is 13.4. The Labute approximate surface area is 142 Å². The lowest BCUT2D eigenvalue weighted by molar-refractivity contribution is -0.394. The van der Waals surface area contributed by atoms with Crippen molar-refractivity contribution in [3.63, 3.8) is 0 Å². The molecule has 1 aromatic heterocycles. The second-order valence-electron chi connectivity index (χ2n) is 4.73. The summed E-state index contributed by atoms with van der Waals surface area (Å²) in [4.78, 5) is 25.0. The number of nitro groups is 1. The normalized spacial score (nSPS) is 10.8. The van der Waals surface area contributed by atoms with Crippen molar-refractivity contribution in [2.45, 2.75) is 6.54 Å². The molecule has 0 saturated carbocycles. The molecule has 0 saturated heterocycles. The van der Waals surface area contributed by atoms with Crippen molar-refractivity contribution < 1.29 is 19.2 Å². The highest BCUT2D eigenvalue weighted by molar-refractivity contribution is 5.97. The van der Waals surface area contributed by atoms with Gasteiger partial charge in [-0.05, 0) is 28.7 Å².